The molecule has 1 fully saturated rings. The molecule has 0 aromatic rings. The standard InChI is InChI=1S/C14H29NO/c1-4-15-13(11-12(2)3)8-9-14-7-5-6-10-16-14/h12-15H,4-11H2,1-3H3. The average molecular weight is 227 g/mol. The van der Waals surface area contributed by atoms with Crippen LogP contribution < -0.4 is 5.32 Å². The molecule has 0 bridgehead atoms. The third kappa shape index (κ3) is 5.86. The van der Waals surface area contributed by atoms with Gasteiger partial charge in [0, 0.05) is 12.6 Å². The zero-order valence-electron chi connectivity index (χ0n) is 11.3. The molecule has 0 amide bonds. The summed E-state index contributed by atoms with van der Waals surface area (Å²) >= 11 is 0. The van der Waals surface area contributed by atoms with Crippen molar-refractivity contribution >= 4 is 0 Å². The molecule has 1 heterocycles. The highest BCUT2D eigenvalue weighted by Gasteiger charge is 2.16. The average Bonchev–Trinajstić information content (AvgIpc) is 2.27. The van der Waals surface area contributed by atoms with Gasteiger partial charge in [-0.3, -0.25) is 0 Å². The van der Waals surface area contributed by atoms with Crippen LogP contribution >= 0.6 is 0 Å². The van der Waals surface area contributed by atoms with Crippen molar-refractivity contribution in [1.29, 1.82) is 0 Å². The van der Waals surface area contributed by atoms with E-state index in [1.807, 2.05) is 0 Å². The van der Waals surface area contributed by atoms with E-state index in [-0.39, 0.29) is 0 Å². The molecule has 1 rings (SSSR count). The van der Waals surface area contributed by atoms with Gasteiger partial charge in [0.1, 0.15) is 0 Å². The monoisotopic (exact) mass is 227 g/mol. The summed E-state index contributed by atoms with van der Waals surface area (Å²) < 4.78 is 5.78. The Kier molecular flexibility index (Phi) is 7.06. The first kappa shape index (κ1) is 14.0. The molecule has 2 atom stereocenters. The zero-order chi connectivity index (χ0) is 11.8. The Labute approximate surface area is 101 Å². The lowest BCUT2D eigenvalue weighted by Gasteiger charge is -2.26. The molecular formula is C14H29NO. The summed E-state index contributed by atoms with van der Waals surface area (Å²) in [4.78, 5) is 0. The fraction of sp³-hybridized carbons (Fsp3) is 1.00. The minimum absolute atomic E-state index is 0.544. The van der Waals surface area contributed by atoms with E-state index in [0.29, 0.717) is 12.1 Å². The Bertz CT molecular complexity index is 164. The predicted octanol–water partition coefficient (Wildman–Crippen LogP) is 3.36. The zero-order valence-corrected chi connectivity index (χ0v) is 11.3. The van der Waals surface area contributed by atoms with Gasteiger partial charge in [-0.2, -0.15) is 0 Å². The Balaban J connectivity index is 2.19. The van der Waals surface area contributed by atoms with E-state index < -0.39 is 0 Å². The highest BCUT2D eigenvalue weighted by atomic mass is 16.5. The maximum atomic E-state index is 5.78. The molecule has 1 N–H and O–H groups in total. The summed E-state index contributed by atoms with van der Waals surface area (Å²) in [7, 11) is 0. The summed E-state index contributed by atoms with van der Waals surface area (Å²) in [6, 6.07) is 0.690. The van der Waals surface area contributed by atoms with Crippen LogP contribution in [-0.4, -0.2) is 25.3 Å². The van der Waals surface area contributed by atoms with Crippen molar-refractivity contribution in [2.45, 2.75) is 71.4 Å². The van der Waals surface area contributed by atoms with Gasteiger partial charge in [-0.25, -0.2) is 0 Å². The molecule has 2 heteroatoms. The lowest BCUT2D eigenvalue weighted by molar-refractivity contribution is 0.00827. The number of nitrogens with one attached hydrogen (secondary N) is 1. The summed E-state index contributed by atoms with van der Waals surface area (Å²) in [5, 5.41) is 3.60. The first-order valence-corrected chi connectivity index (χ1v) is 7.07. The largest absolute Gasteiger partial charge is 0.378 e. The molecule has 96 valence electrons. The molecule has 1 saturated heterocycles. The number of ether oxygens (including phenoxy) is 1. The van der Waals surface area contributed by atoms with Gasteiger partial charge < -0.3 is 10.1 Å². The van der Waals surface area contributed by atoms with Gasteiger partial charge in [0.15, 0.2) is 0 Å². The van der Waals surface area contributed by atoms with Crippen molar-refractivity contribution in [2.24, 2.45) is 5.92 Å². The Morgan fingerprint density at radius 2 is 2.12 bits per heavy atom. The van der Waals surface area contributed by atoms with Gasteiger partial charge in [0.2, 0.25) is 0 Å². The maximum Gasteiger partial charge on any atom is 0.0575 e. The van der Waals surface area contributed by atoms with Crippen molar-refractivity contribution in [1.82, 2.24) is 5.32 Å². The SMILES string of the molecule is CCNC(CCC1CCCCO1)CC(C)C. The second-order valence-corrected chi connectivity index (χ2v) is 5.45. The topological polar surface area (TPSA) is 21.3 Å². The van der Waals surface area contributed by atoms with Crippen LogP contribution in [0.1, 0.15) is 59.3 Å². The van der Waals surface area contributed by atoms with Gasteiger partial charge >= 0.3 is 0 Å². The van der Waals surface area contributed by atoms with Crippen molar-refractivity contribution in [3.8, 4) is 0 Å². The molecular weight excluding hydrogens is 198 g/mol. The molecule has 0 aliphatic carbocycles. The minimum atomic E-state index is 0.544. The lowest BCUT2D eigenvalue weighted by Crippen LogP contribution is -2.32. The quantitative estimate of drug-likeness (QED) is 0.720. The molecule has 1 aliphatic heterocycles. The maximum absolute atomic E-state index is 5.78. The Morgan fingerprint density at radius 1 is 1.31 bits per heavy atom. The number of hydrogen-bond acceptors (Lipinski definition) is 2. The van der Waals surface area contributed by atoms with Crippen LogP contribution in [0, 0.1) is 5.92 Å². The molecule has 0 spiro atoms. The molecule has 0 saturated carbocycles. The third-order valence-electron chi connectivity index (χ3n) is 3.36. The van der Waals surface area contributed by atoms with Crippen LogP contribution in [0.25, 0.3) is 0 Å². The van der Waals surface area contributed by atoms with Crippen LogP contribution in [0.15, 0.2) is 0 Å². The van der Waals surface area contributed by atoms with Gasteiger partial charge in [0.25, 0.3) is 0 Å². The summed E-state index contributed by atoms with van der Waals surface area (Å²) in [5.41, 5.74) is 0. The van der Waals surface area contributed by atoms with E-state index in [1.54, 1.807) is 0 Å². The molecule has 1 aliphatic rings. The van der Waals surface area contributed by atoms with E-state index in [9.17, 15) is 0 Å². The molecule has 0 aromatic carbocycles. The van der Waals surface area contributed by atoms with Crippen molar-refractivity contribution in [2.75, 3.05) is 13.2 Å². The van der Waals surface area contributed by atoms with E-state index in [0.717, 1.165) is 19.1 Å². The van der Waals surface area contributed by atoms with E-state index in [2.05, 4.69) is 26.1 Å². The first-order valence-electron chi connectivity index (χ1n) is 7.07. The summed E-state index contributed by atoms with van der Waals surface area (Å²) in [5.74, 6) is 0.788. The minimum Gasteiger partial charge on any atom is -0.378 e. The van der Waals surface area contributed by atoms with Gasteiger partial charge in [-0.1, -0.05) is 20.8 Å². The fourth-order valence-electron chi connectivity index (χ4n) is 2.58. The molecule has 0 radical (unpaired) electrons. The summed E-state index contributed by atoms with van der Waals surface area (Å²) in [6.07, 6.45) is 8.25. The molecule has 2 unspecified atom stereocenters. The van der Waals surface area contributed by atoms with E-state index >= 15 is 0 Å². The smallest absolute Gasteiger partial charge is 0.0575 e. The van der Waals surface area contributed by atoms with Crippen LogP contribution in [0.4, 0.5) is 0 Å². The van der Waals surface area contributed by atoms with Crippen molar-refractivity contribution in [3.63, 3.8) is 0 Å². The fourth-order valence-corrected chi connectivity index (χ4v) is 2.58. The van der Waals surface area contributed by atoms with Crippen LogP contribution in [0.2, 0.25) is 0 Å². The second-order valence-electron chi connectivity index (χ2n) is 5.45. The highest BCUT2D eigenvalue weighted by molar-refractivity contribution is 4.72. The predicted molar refractivity (Wildman–Crippen MR) is 69.7 cm³/mol. The van der Waals surface area contributed by atoms with E-state index in [4.69, 9.17) is 4.74 Å². The Morgan fingerprint density at radius 3 is 2.69 bits per heavy atom. The van der Waals surface area contributed by atoms with Crippen LogP contribution in [0.5, 0.6) is 0 Å². The first-order chi connectivity index (χ1) is 7.72. The summed E-state index contributed by atoms with van der Waals surface area (Å²) in [6.45, 7) is 8.89. The van der Waals surface area contributed by atoms with Crippen LogP contribution in [0.3, 0.4) is 0 Å². The molecule has 16 heavy (non-hydrogen) atoms. The Hall–Kier alpha value is -0.0800. The molecule has 2 nitrogen and oxygen atoms in total. The van der Waals surface area contributed by atoms with Crippen molar-refractivity contribution in [3.05, 3.63) is 0 Å². The van der Waals surface area contributed by atoms with Gasteiger partial charge in [-0.15, -0.1) is 0 Å². The number of rotatable bonds is 7. The lowest BCUT2D eigenvalue weighted by atomic mass is 9.96. The van der Waals surface area contributed by atoms with E-state index in [1.165, 1.54) is 38.5 Å². The van der Waals surface area contributed by atoms with Crippen molar-refractivity contribution < 1.29 is 4.74 Å². The number of hydrogen-bond donors (Lipinski definition) is 1. The second kappa shape index (κ2) is 8.08. The van der Waals surface area contributed by atoms with Gasteiger partial charge in [0.05, 0.1) is 6.10 Å². The molecule has 0 aromatic heterocycles. The van der Waals surface area contributed by atoms with Gasteiger partial charge in [-0.05, 0) is 51.0 Å². The normalized spacial score (nSPS) is 23.6. The van der Waals surface area contributed by atoms with Crippen LogP contribution in [-0.2, 0) is 4.74 Å². The highest BCUT2D eigenvalue weighted by Crippen LogP contribution is 2.19. The third-order valence-corrected chi connectivity index (χ3v) is 3.36.